The number of benzene rings is 2. The fraction of sp³-hybridized carbons (Fsp3) is 0.208. The van der Waals surface area contributed by atoms with Gasteiger partial charge >= 0.3 is 5.97 Å². The van der Waals surface area contributed by atoms with E-state index in [1.54, 1.807) is 24.3 Å². The zero-order valence-corrected chi connectivity index (χ0v) is 18.2. The third-order valence-corrected chi connectivity index (χ3v) is 6.31. The lowest BCUT2D eigenvalue weighted by Gasteiger charge is -2.18. The number of hydrogen-bond acceptors (Lipinski definition) is 7. The second kappa shape index (κ2) is 8.47. The Morgan fingerprint density at radius 3 is 2.66 bits per heavy atom. The number of carbonyl (C=O) groups is 2. The molecule has 4 aromatic rings. The summed E-state index contributed by atoms with van der Waals surface area (Å²) in [5, 5.41) is 5.51. The number of fused-ring (bicyclic) bond motifs is 2. The zero-order chi connectivity index (χ0) is 22.1. The minimum absolute atomic E-state index is 0.303. The first kappa shape index (κ1) is 20.3. The number of aromatic nitrogens is 2. The van der Waals surface area contributed by atoms with Crippen molar-refractivity contribution in [1.29, 1.82) is 0 Å². The van der Waals surface area contributed by atoms with Gasteiger partial charge < -0.3 is 14.2 Å². The Hall–Kier alpha value is -3.65. The molecule has 2 aromatic carbocycles. The number of hydrogen-bond donors (Lipinski definition) is 0. The van der Waals surface area contributed by atoms with Crippen LogP contribution in [-0.4, -0.2) is 41.4 Å². The molecule has 0 bridgehead atoms. The lowest BCUT2D eigenvalue weighted by Crippen LogP contribution is -2.17. The molecule has 1 aliphatic rings. The molecule has 1 aliphatic heterocycles. The molecule has 0 aliphatic carbocycles. The summed E-state index contributed by atoms with van der Waals surface area (Å²) in [4.78, 5) is 26.5. The third-order valence-electron chi connectivity index (χ3n) is 5.18. The summed E-state index contributed by atoms with van der Waals surface area (Å²) >= 11 is 1.32. The van der Waals surface area contributed by atoms with Crippen molar-refractivity contribution in [3.05, 3.63) is 76.3 Å². The number of ether oxygens (including phenoxy) is 3. The summed E-state index contributed by atoms with van der Waals surface area (Å²) in [6.45, 7) is 3.10. The van der Waals surface area contributed by atoms with Gasteiger partial charge in [0.15, 0.2) is 23.9 Å². The van der Waals surface area contributed by atoms with Gasteiger partial charge in [0.05, 0.1) is 12.2 Å². The van der Waals surface area contributed by atoms with Crippen molar-refractivity contribution in [2.45, 2.75) is 13.5 Å². The van der Waals surface area contributed by atoms with Crippen molar-refractivity contribution in [2.24, 2.45) is 0 Å². The maximum atomic E-state index is 12.6. The molecule has 162 valence electrons. The van der Waals surface area contributed by atoms with Crippen LogP contribution in [0, 0.1) is 6.92 Å². The van der Waals surface area contributed by atoms with Gasteiger partial charge in [-0.3, -0.25) is 9.48 Å². The van der Waals surface area contributed by atoms with Crippen molar-refractivity contribution < 1.29 is 23.8 Å². The molecular weight excluding hydrogens is 428 g/mol. The van der Waals surface area contributed by atoms with Crippen LogP contribution in [0.3, 0.4) is 0 Å². The van der Waals surface area contributed by atoms with E-state index >= 15 is 0 Å². The molecule has 2 aromatic heterocycles. The van der Waals surface area contributed by atoms with Crippen molar-refractivity contribution in [1.82, 2.24) is 9.78 Å². The van der Waals surface area contributed by atoms with Crippen molar-refractivity contribution in [3.8, 4) is 11.5 Å². The molecule has 0 amide bonds. The van der Waals surface area contributed by atoms with Crippen LogP contribution < -0.4 is 9.47 Å². The minimum atomic E-state index is -0.525. The first-order valence-electron chi connectivity index (χ1n) is 10.2. The first-order chi connectivity index (χ1) is 15.6. The summed E-state index contributed by atoms with van der Waals surface area (Å²) in [5.74, 6) is 0.303. The van der Waals surface area contributed by atoms with Crippen LogP contribution >= 0.6 is 11.3 Å². The highest BCUT2D eigenvalue weighted by molar-refractivity contribution is 7.20. The number of nitrogens with zero attached hydrogens (tertiary/aromatic N) is 2. The van der Waals surface area contributed by atoms with Crippen LogP contribution in [-0.2, 0) is 11.3 Å². The van der Waals surface area contributed by atoms with Gasteiger partial charge in [0, 0.05) is 10.9 Å². The van der Waals surface area contributed by atoms with Crippen molar-refractivity contribution >= 4 is 33.3 Å². The van der Waals surface area contributed by atoms with E-state index in [-0.39, 0.29) is 12.4 Å². The van der Waals surface area contributed by atoms with Crippen LogP contribution in [0.5, 0.6) is 11.5 Å². The number of thiophene rings is 1. The fourth-order valence-electron chi connectivity index (χ4n) is 3.58. The largest absolute Gasteiger partial charge is 0.486 e. The summed E-state index contributed by atoms with van der Waals surface area (Å²) in [6, 6.07) is 16.7. The Balaban J connectivity index is 1.29. The van der Waals surface area contributed by atoms with E-state index in [9.17, 15) is 9.59 Å². The second-order valence-electron chi connectivity index (χ2n) is 7.42. The Morgan fingerprint density at radius 2 is 1.84 bits per heavy atom. The molecule has 3 heterocycles. The molecule has 0 saturated heterocycles. The smallest absolute Gasteiger partial charge is 0.348 e. The number of aryl methyl sites for hydroxylation is 1. The van der Waals surface area contributed by atoms with E-state index < -0.39 is 5.97 Å². The van der Waals surface area contributed by atoms with Crippen LogP contribution in [0.4, 0.5) is 0 Å². The Labute approximate surface area is 188 Å². The highest BCUT2D eigenvalue weighted by Gasteiger charge is 2.20. The highest BCUT2D eigenvalue weighted by Crippen LogP contribution is 2.31. The Morgan fingerprint density at radius 1 is 1.06 bits per heavy atom. The average Bonchev–Trinajstić information content (AvgIpc) is 3.39. The maximum Gasteiger partial charge on any atom is 0.348 e. The first-order valence-corrected chi connectivity index (χ1v) is 11.0. The van der Waals surface area contributed by atoms with Gasteiger partial charge in [-0.05, 0) is 36.8 Å². The van der Waals surface area contributed by atoms with E-state index in [4.69, 9.17) is 14.2 Å². The monoisotopic (exact) mass is 448 g/mol. The maximum absolute atomic E-state index is 12.6. The Bertz CT molecular complexity index is 1310. The van der Waals surface area contributed by atoms with Crippen molar-refractivity contribution in [2.75, 3.05) is 19.8 Å². The van der Waals surface area contributed by atoms with Crippen LogP contribution in [0.2, 0.25) is 0 Å². The topological polar surface area (TPSA) is 79.7 Å². The summed E-state index contributed by atoms with van der Waals surface area (Å²) in [5.41, 5.74) is 2.38. The molecule has 0 atom stereocenters. The number of carbonyl (C=O) groups excluding carboxylic acids is 2. The summed E-state index contributed by atoms with van der Waals surface area (Å²) < 4.78 is 18.2. The molecule has 0 radical (unpaired) electrons. The van der Waals surface area contributed by atoms with Gasteiger partial charge in [-0.25, -0.2) is 4.79 Å². The van der Waals surface area contributed by atoms with Gasteiger partial charge in [0.1, 0.15) is 22.9 Å². The average molecular weight is 449 g/mol. The van der Waals surface area contributed by atoms with E-state index in [0.717, 1.165) is 21.5 Å². The molecular formula is C24H20N2O5S. The molecule has 7 nitrogen and oxygen atoms in total. The lowest BCUT2D eigenvalue weighted by atomic mass is 10.1. The van der Waals surface area contributed by atoms with E-state index in [1.807, 2.05) is 41.9 Å². The summed E-state index contributed by atoms with van der Waals surface area (Å²) in [7, 11) is 0. The third kappa shape index (κ3) is 3.97. The number of Topliss-reactive ketones (excluding diaryl/α,β-unsaturated/α-hetero) is 1. The molecule has 8 heteroatoms. The van der Waals surface area contributed by atoms with Gasteiger partial charge in [-0.2, -0.15) is 5.10 Å². The Kier molecular flexibility index (Phi) is 5.36. The van der Waals surface area contributed by atoms with E-state index in [0.29, 0.717) is 41.7 Å². The van der Waals surface area contributed by atoms with Gasteiger partial charge in [-0.1, -0.05) is 30.3 Å². The molecule has 32 heavy (non-hydrogen) atoms. The van der Waals surface area contributed by atoms with E-state index in [1.165, 1.54) is 11.3 Å². The molecule has 0 unspecified atom stereocenters. The quantitative estimate of drug-likeness (QED) is 0.324. The molecule has 5 rings (SSSR count). The van der Waals surface area contributed by atoms with Crippen LogP contribution in [0.15, 0.2) is 54.6 Å². The number of ketones is 1. The van der Waals surface area contributed by atoms with Gasteiger partial charge in [0.25, 0.3) is 0 Å². The summed E-state index contributed by atoms with van der Waals surface area (Å²) in [6.07, 6.45) is 0. The molecule has 0 N–H and O–H groups in total. The van der Waals surface area contributed by atoms with Crippen LogP contribution in [0.25, 0.3) is 10.2 Å². The standard InChI is InChI=1S/C24H20N2O5S/c1-15-18-12-22(32-23(18)26(25-15)13-16-5-3-2-4-6-16)24(28)31-14-19(27)17-7-8-20-21(11-17)30-10-9-29-20/h2-8,11-12H,9-10,13-14H2,1H3. The molecule has 0 spiro atoms. The number of esters is 1. The predicted octanol–water partition coefficient (Wildman–Crippen LogP) is 4.27. The van der Waals surface area contributed by atoms with Gasteiger partial charge in [-0.15, -0.1) is 11.3 Å². The second-order valence-corrected chi connectivity index (χ2v) is 8.45. The fourth-order valence-corrected chi connectivity index (χ4v) is 4.63. The van der Waals surface area contributed by atoms with Gasteiger partial charge in [0.2, 0.25) is 0 Å². The highest BCUT2D eigenvalue weighted by atomic mass is 32.1. The normalized spacial score (nSPS) is 12.7. The van der Waals surface area contributed by atoms with Crippen LogP contribution in [0.1, 0.15) is 31.3 Å². The lowest BCUT2D eigenvalue weighted by molar-refractivity contribution is 0.0479. The zero-order valence-electron chi connectivity index (χ0n) is 17.4. The number of rotatable bonds is 6. The molecule has 0 saturated carbocycles. The predicted molar refractivity (Wildman–Crippen MR) is 120 cm³/mol. The van der Waals surface area contributed by atoms with E-state index in [2.05, 4.69) is 5.10 Å². The van der Waals surface area contributed by atoms with Crippen molar-refractivity contribution in [3.63, 3.8) is 0 Å². The SMILES string of the molecule is Cc1nn(Cc2ccccc2)c2sc(C(=O)OCC(=O)c3ccc4c(c3)OCCO4)cc12. The minimum Gasteiger partial charge on any atom is -0.486 e. The molecule has 0 fully saturated rings.